The Balaban J connectivity index is 1.68. The Kier molecular flexibility index (Phi) is 12.5. The third kappa shape index (κ3) is 8.21. The molecule has 4 aliphatic rings. The van der Waals surface area contributed by atoms with Gasteiger partial charge in [0, 0.05) is 25.9 Å². The molecule has 1 aromatic carbocycles. The van der Waals surface area contributed by atoms with E-state index in [1.807, 2.05) is 6.92 Å². The zero-order valence-electron chi connectivity index (χ0n) is 30.4. The number of carbonyl (C=O) groups is 3. The van der Waals surface area contributed by atoms with Gasteiger partial charge in [-0.1, -0.05) is 49.2 Å². The number of hydrogen-bond donors (Lipinski definition) is 6. The largest absolute Gasteiger partial charge is 0.495 e. The molecule has 0 aliphatic carbocycles. The summed E-state index contributed by atoms with van der Waals surface area (Å²) >= 11 is 6.87. The number of nitrogens with zero attached hydrogens (tertiary/aromatic N) is 1. The number of carbonyl (C=O) groups excluding carboxylic acids is 3. The normalized spacial score (nSPS) is 39.5. The van der Waals surface area contributed by atoms with Crippen molar-refractivity contribution in [2.75, 3.05) is 25.7 Å². The number of benzene rings is 1. The molecule has 2 amide bonds. The van der Waals surface area contributed by atoms with Crippen LogP contribution in [0.4, 0.5) is 10.5 Å². The quantitative estimate of drug-likeness (QED) is 0.177. The number of epoxide rings is 1. The first kappa shape index (κ1) is 40.9. The van der Waals surface area contributed by atoms with Crippen molar-refractivity contribution in [3.8, 4) is 5.75 Å². The molecule has 3 fully saturated rings. The second-order valence-electron chi connectivity index (χ2n) is 14.2. The summed E-state index contributed by atoms with van der Waals surface area (Å²) in [6.07, 6.45) is -8.72. The van der Waals surface area contributed by atoms with Crippen LogP contribution in [0, 0.1) is 5.92 Å². The van der Waals surface area contributed by atoms with Gasteiger partial charge in [-0.05, 0) is 38.0 Å². The highest BCUT2D eigenvalue weighted by Crippen LogP contribution is 2.49. The zero-order valence-corrected chi connectivity index (χ0v) is 31.2. The van der Waals surface area contributed by atoms with E-state index in [1.165, 1.54) is 14.2 Å². The fourth-order valence-corrected chi connectivity index (χ4v) is 7.59. The number of nitrogens with one attached hydrogen (secondary N) is 1. The first-order chi connectivity index (χ1) is 25.0. The number of hydrogen-bond acceptors (Lipinski definition) is 14. The molecular weight excluding hydrogens is 720 g/mol. The summed E-state index contributed by atoms with van der Waals surface area (Å²) in [5.41, 5.74) is -1.81. The number of amides is 2. The van der Waals surface area contributed by atoms with Crippen LogP contribution in [0.15, 0.2) is 35.9 Å². The number of methoxy groups -OCH3 is 2. The van der Waals surface area contributed by atoms with Crippen LogP contribution in [-0.2, 0) is 39.7 Å². The smallest absolute Gasteiger partial charge is 0.409 e. The van der Waals surface area contributed by atoms with Crippen molar-refractivity contribution in [2.45, 2.75) is 120 Å². The van der Waals surface area contributed by atoms with Crippen LogP contribution in [0.5, 0.6) is 5.75 Å². The van der Waals surface area contributed by atoms with Crippen LogP contribution >= 0.6 is 11.6 Å². The van der Waals surface area contributed by atoms with E-state index in [4.69, 9.17) is 40.0 Å². The molecule has 6 N–H and O–H groups in total. The molecule has 0 aromatic heterocycles. The molecule has 16 nitrogen and oxygen atoms in total. The topological polar surface area (TPSA) is 226 Å². The van der Waals surface area contributed by atoms with Gasteiger partial charge in [0.1, 0.15) is 59.1 Å². The van der Waals surface area contributed by atoms with Crippen molar-refractivity contribution in [3.05, 3.63) is 46.5 Å². The maximum Gasteiger partial charge on any atom is 0.409 e. The van der Waals surface area contributed by atoms with Crippen molar-refractivity contribution >= 4 is 35.3 Å². The molecule has 4 aliphatic heterocycles. The minimum atomic E-state index is -1.89. The summed E-state index contributed by atoms with van der Waals surface area (Å²) in [5.74, 6) is -1.89. The Hall–Kier alpha value is -3.32. The van der Waals surface area contributed by atoms with Crippen molar-refractivity contribution in [3.63, 3.8) is 0 Å². The Morgan fingerprint density at radius 1 is 1.15 bits per heavy atom. The fourth-order valence-electron chi connectivity index (χ4n) is 7.31. The molecule has 0 spiro atoms. The van der Waals surface area contributed by atoms with Gasteiger partial charge >= 0.3 is 12.1 Å². The minimum Gasteiger partial charge on any atom is -0.495 e. The summed E-state index contributed by atoms with van der Waals surface area (Å²) in [6, 6.07) is 3.23. The van der Waals surface area contributed by atoms with E-state index in [0.717, 1.165) is 10.5 Å². The lowest BCUT2D eigenvalue weighted by Gasteiger charge is -2.45. The van der Waals surface area contributed by atoms with Crippen LogP contribution in [0.1, 0.15) is 52.5 Å². The molecule has 17 heteroatoms. The molecule has 1 aromatic rings. The standard InChI is InChI=1S/C36H49ClN2O14/c1-7-27(42)52-25-14-26(41)39(33-31(45)30(44)29(43)23(16-40)50-33)20-12-19(13-21(48-5)28(20)37)11-17(2)9-8-10-24(49-6)36(47)15-22(51-34(46)38-36)18(3)32-35(25,4)53-32/h8-10,12-13,18,22-25,29-33,40,43-45,47H,7,11,14-16H2,1-6H3,(H,38,46)/b10-8-,17-9-/t18-,22+,23-,24-,25+,29+,30+,31-,32+,33+,35+,36+/m1/s1. The number of allylic oxidation sites excluding steroid dienone is 3. The third-order valence-electron chi connectivity index (χ3n) is 10.4. The molecule has 4 bridgehead atoms. The average Bonchev–Trinajstić information content (AvgIpc) is 3.81. The first-order valence-corrected chi connectivity index (χ1v) is 17.8. The molecule has 0 radical (unpaired) electrons. The van der Waals surface area contributed by atoms with Crippen LogP contribution in [-0.4, -0.2) is 131 Å². The molecule has 294 valence electrons. The Morgan fingerprint density at radius 3 is 2.51 bits per heavy atom. The lowest BCUT2D eigenvalue weighted by molar-refractivity contribution is -0.228. The Morgan fingerprint density at radius 2 is 1.87 bits per heavy atom. The number of esters is 1. The van der Waals surface area contributed by atoms with Gasteiger partial charge < -0.3 is 54.0 Å². The summed E-state index contributed by atoms with van der Waals surface area (Å²) in [7, 11) is 2.77. The predicted octanol–water partition coefficient (Wildman–Crippen LogP) is 1.25. The van der Waals surface area contributed by atoms with Crippen LogP contribution in [0.3, 0.4) is 0 Å². The molecule has 3 saturated heterocycles. The van der Waals surface area contributed by atoms with E-state index < -0.39 is 103 Å². The Labute approximate surface area is 312 Å². The summed E-state index contributed by atoms with van der Waals surface area (Å²) in [6.45, 7) is 6.02. The molecule has 5 rings (SSSR count). The molecule has 0 unspecified atom stereocenters. The first-order valence-electron chi connectivity index (χ1n) is 17.5. The van der Waals surface area contributed by atoms with E-state index in [2.05, 4.69) is 5.32 Å². The van der Waals surface area contributed by atoms with E-state index in [0.29, 0.717) is 5.56 Å². The van der Waals surface area contributed by atoms with Gasteiger partial charge in [-0.2, -0.15) is 0 Å². The number of halogens is 1. The number of alkyl carbamates (subject to hydrolysis) is 1. The van der Waals surface area contributed by atoms with E-state index in [9.17, 15) is 39.9 Å². The van der Waals surface area contributed by atoms with Crippen LogP contribution in [0.2, 0.25) is 5.02 Å². The molecule has 53 heavy (non-hydrogen) atoms. The number of anilines is 1. The maximum absolute atomic E-state index is 14.7. The fraction of sp³-hybridized carbons (Fsp3) is 0.639. The summed E-state index contributed by atoms with van der Waals surface area (Å²) < 4.78 is 34.7. The minimum absolute atomic E-state index is 0.00240. The van der Waals surface area contributed by atoms with Crippen molar-refractivity contribution in [1.29, 1.82) is 0 Å². The molecule has 12 atom stereocenters. The lowest BCUT2D eigenvalue weighted by atomic mass is 9.83. The molecule has 4 heterocycles. The van der Waals surface area contributed by atoms with Crippen LogP contribution < -0.4 is 15.0 Å². The van der Waals surface area contributed by atoms with Crippen molar-refractivity contribution in [1.82, 2.24) is 5.32 Å². The number of aliphatic hydroxyl groups is 5. The van der Waals surface area contributed by atoms with E-state index in [-0.39, 0.29) is 35.7 Å². The summed E-state index contributed by atoms with van der Waals surface area (Å²) in [4.78, 5) is 41.4. The van der Waals surface area contributed by atoms with Gasteiger partial charge in [-0.15, -0.1) is 0 Å². The monoisotopic (exact) mass is 768 g/mol. The number of rotatable bonds is 6. The second kappa shape index (κ2) is 16.2. The zero-order chi connectivity index (χ0) is 39.0. The number of fused-ring (bicyclic) bond motifs is 5. The number of ether oxygens (including phenoxy) is 6. The maximum atomic E-state index is 14.7. The molecule has 0 saturated carbocycles. The van der Waals surface area contributed by atoms with Gasteiger partial charge in [-0.25, -0.2) is 4.79 Å². The molecular formula is C36H49ClN2O14. The van der Waals surface area contributed by atoms with Crippen molar-refractivity contribution in [2.24, 2.45) is 5.92 Å². The van der Waals surface area contributed by atoms with Gasteiger partial charge in [0.05, 0.1) is 31.9 Å². The Bertz CT molecular complexity index is 1610. The van der Waals surface area contributed by atoms with Crippen molar-refractivity contribution < 1.29 is 68.3 Å². The van der Waals surface area contributed by atoms with E-state index in [1.54, 1.807) is 51.1 Å². The predicted molar refractivity (Wildman–Crippen MR) is 187 cm³/mol. The lowest BCUT2D eigenvalue weighted by Crippen LogP contribution is -2.64. The van der Waals surface area contributed by atoms with Gasteiger partial charge in [0.15, 0.2) is 12.0 Å². The van der Waals surface area contributed by atoms with Gasteiger partial charge in [0.2, 0.25) is 5.91 Å². The van der Waals surface area contributed by atoms with Crippen LogP contribution in [0.25, 0.3) is 0 Å². The highest BCUT2D eigenvalue weighted by Gasteiger charge is 2.64. The van der Waals surface area contributed by atoms with Gasteiger partial charge in [0.25, 0.3) is 0 Å². The van der Waals surface area contributed by atoms with Gasteiger partial charge in [-0.3, -0.25) is 19.8 Å². The number of aliphatic hydroxyl groups excluding tert-OH is 4. The average molecular weight is 769 g/mol. The highest BCUT2D eigenvalue weighted by atomic mass is 35.5. The second-order valence-corrected chi connectivity index (χ2v) is 14.5. The van der Waals surface area contributed by atoms with E-state index >= 15 is 0 Å². The highest BCUT2D eigenvalue weighted by molar-refractivity contribution is 6.35. The summed E-state index contributed by atoms with van der Waals surface area (Å²) in [5, 5.41) is 56.7. The third-order valence-corrected chi connectivity index (χ3v) is 10.8. The SMILES string of the molecule is CCC(=O)O[C@H]1CC(=O)N([C@H]2O[C@H](CO)[C@H](O)[C@H](O)[C@H]2O)c2cc(cc(OC)c2Cl)C/C(C)=C\C=C/[C@@H](OC)[C@@]2(O)C[C@H](OC(=O)N2)[C@@H](C)[C@@H]2O[C@@]12C.